The summed E-state index contributed by atoms with van der Waals surface area (Å²) in [6.07, 6.45) is 0. The number of halogens is 2. The minimum Gasteiger partial charge on any atom is -0.144 e. The molecule has 9 rings (SSSR count). The van der Waals surface area contributed by atoms with Crippen LogP contribution in [0.1, 0.15) is 11.1 Å². The molecule has 0 saturated carbocycles. The Labute approximate surface area is 329 Å². The minimum atomic E-state index is -0.826. The molecule has 4 heteroatoms. The molecular formula is C48H40Cl2SiZr. The Morgan fingerprint density at radius 3 is 1.75 bits per heavy atom. The standard InChI is InChI=1S/C29H19.C17H15.C2H6Si.2ClH.Zr/c1-2-8-20(9-3-1)25-13-6-11-22-18-23(19-29(22)25)26-14-7-15-27-24-12-5-4-10-21(24)16-17-28(26)27;1-12-10-16-13(2)8-9-15(17(16)11-12)14-6-4-3-5-7-14;1-3-2;;;/h1-19H;3-11H,1-2H3;1-2H3;2*1H;/q2*-1;;;;+4/p-2. The average molecular weight is 807 g/mol. The third-order valence-electron chi connectivity index (χ3n) is 9.27. The van der Waals surface area contributed by atoms with Gasteiger partial charge in [-0.25, -0.2) is 0 Å². The van der Waals surface area contributed by atoms with Gasteiger partial charge in [0, 0.05) is 9.52 Å². The number of benzene rings is 7. The first kappa shape index (κ1) is 37.7. The van der Waals surface area contributed by atoms with E-state index in [2.05, 4.69) is 197 Å². The zero-order valence-corrected chi connectivity index (χ0v) is 34.9. The Kier molecular flexibility index (Phi) is 13.2. The molecule has 0 unspecified atom stereocenters. The van der Waals surface area contributed by atoms with E-state index in [-0.39, 0.29) is 0 Å². The second kappa shape index (κ2) is 18.1. The van der Waals surface area contributed by atoms with Gasteiger partial charge in [-0.05, 0) is 32.7 Å². The summed E-state index contributed by atoms with van der Waals surface area (Å²) in [5.41, 5.74) is 10.5. The maximum absolute atomic E-state index is 4.93. The third kappa shape index (κ3) is 8.43. The van der Waals surface area contributed by atoms with Crippen LogP contribution in [0.15, 0.2) is 170 Å². The van der Waals surface area contributed by atoms with Gasteiger partial charge in [0.25, 0.3) is 0 Å². The van der Waals surface area contributed by atoms with Crippen molar-refractivity contribution in [3.05, 3.63) is 181 Å². The SMILES string of the molecule is C[Si]C.Cc1cc2c(-c3ccccc3)ccc(C)c2[cH-]1.[Cl][Zr+2][Cl].c1ccc(-c2cccc3[cH-]c(-c4cccc5c4ccc4ccccc45)cc23)cc1. The van der Waals surface area contributed by atoms with Gasteiger partial charge in [0.15, 0.2) is 0 Å². The predicted octanol–water partition coefficient (Wildman–Crippen LogP) is 15.2. The summed E-state index contributed by atoms with van der Waals surface area (Å²) in [7, 11) is 11.0. The molecule has 9 aromatic carbocycles. The number of hydrogen-bond acceptors (Lipinski definition) is 0. The summed E-state index contributed by atoms with van der Waals surface area (Å²) < 4.78 is 0. The van der Waals surface area contributed by atoms with Crippen molar-refractivity contribution in [2.24, 2.45) is 0 Å². The fourth-order valence-electron chi connectivity index (χ4n) is 7.01. The summed E-state index contributed by atoms with van der Waals surface area (Å²) in [5, 5.41) is 10.6. The van der Waals surface area contributed by atoms with E-state index in [1.165, 1.54) is 87.6 Å². The smallest absolute Gasteiger partial charge is 0.0112 e. The van der Waals surface area contributed by atoms with Crippen molar-refractivity contribution in [3.8, 4) is 33.4 Å². The number of rotatable bonds is 3. The first-order chi connectivity index (χ1) is 25.5. The van der Waals surface area contributed by atoms with Crippen molar-refractivity contribution < 1.29 is 20.8 Å². The van der Waals surface area contributed by atoms with Crippen molar-refractivity contribution in [1.29, 1.82) is 0 Å². The van der Waals surface area contributed by atoms with E-state index in [9.17, 15) is 0 Å². The Balaban J connectivity index is 0.000000171. The van der Waals surface area contributed by atoms with Crippen molar-refractivity contribution >= 4 is 69.6 Å². The Morgan fingerprint density at radius 2 is 1.06 bits per heavy atom. The molecular weight excluding hydrogens is 767 g/mol. The van der Waals surface area contributed by atoms with Gasteiger partial charge in [0.05, 0.1) is 0 Å². The van der Waals surface area contributed by atoms with E-state index < -0.39 is 20.8 Å². The van der Waals surface area contributed by atoms with Crippen LogP contribution in [-0.2, 0) is 20.8 Å². The van der Waals surface area contributed by atoms with Crippen LogP contribution in [0.4, 0.5) is 0 Å². The molecule has 52 heavy (non-hydrogen) atoms. The molecule has 0 aromatic heterocycles. The van der Waals surface area contributed by atoms with E-state index in [0.29, 0.717) is 0 Å². The molecule has 0 nitrogen and oxygen atoms in total. The second-order valence-corrected chi connectivity index (χ2v) is 17.6. The molecule has 0 bridgehead atoms. The monoisotopic (exact) mass is 804 g/mol. The third-order valence-corrected chi connectivity index (χ3v) is 9.27. The van der Waals surface area contributed by atoms with Gasteiger partial charge in [-0.15, -0.1) is 68.6 Å². The van der Waals surface area contributed by atoms with Crippen LogP contribution in [0, 0.1) is 13.8 Å². The molecule has 0 atom stereocenters. The van der Waals surface area contributed by atoms with Gasteiger partial charge in [-0.3, -0.25) is 0 Å². The molecule has 0 aliphatic rings. The first-order valence-corrected chi connectivity index (χ1v) is 25.7. The predicted molar refractivity (Wildman–Crippen MR) is 229 cm³/mol. The average Bonchev–Trinajstić information content (AvgIpc) is 3.80. The molecule has 9 aromatic rings. The van der Waals surface area contributed by atoms with Gasteiger partial charge in [-0.2, -0.15) is 6.07 Å². The molecule has 0 saturated heterocycles. The van der Waals surface area contributed by atoms with Gasteiger partial charge in [0.2, 0.25) is 0 Å². The van der Waals surface area contributed by atoms with Gasteiger partial charge in [0.1, 0.15) is 0 Å². The van der Waals surface area contributed by atoms with Crippen LogP contribution in [0.5, 0.6) is 0 Å². The van der Waals surface area contributed by atoms with Gasteiger partial charge in [-0.1, -0.05) is 177 Å². The number of fused-ring (bicyclic) bond motifs is 5. The van der Waals surface area contributed by atoms with E-state index in [1.54, 1.807) is 0 Å². The molecule has 0 aliphatic heterocycles. The Morgan fingerprint density at radius 1 is 0.481 bits per heavy atom. The molecule has 0 spiro atoms. The van der Waals surface area contributed by atoms with Gasteiger partial charge < -0.3 is 0 Å². The largest absolute Gasteiger partial charge is 0.144 e. The van der Waals surface area contributed by atoms with Crippen molar-refractivity contribution in [1.82, 2.24) is 0 Å². The van der Waals surface area contributed by atoms with Crippen molar-refractivity contribution in [3.63, 3.8) is 0 Å². The molecule has 0 N–H and O–H groups in total. The summed E-state index contributed by atoms with van der Waals surface area (Å²) in [6, 6.07) is 61.3. The first-order valence-electron chi connectivity index (χ1n) is 17.4. The quantitative estimate of drug-likeness (QED) is 0.0948. The van der Waals surface area contributed by atoms with Crippen molar-refractivity contribution in [2.45, 2.75) is 26.9 Å². The summed E-state index contributed by atoms with van der Waals surface area (Å²) in [6.45, 7) is 8.64. The number of hydrogen-bond donors (Lipinski definition) is 0. The molecule has 254 valence electrons. The summed E-state index contributed by atoms with van der Waals surface area (Å²) in [4.78, 5) is 0. The number of aryl methyl sites for hydroxylation is 2. The molecule has 0 heterocycles. The van der Waals surface area contributed by atoms with Crippen LogP contribution >= 0.6 is 17.0 Å². The van der Waals surface area contributed by atoms with E-state index in [0.717, 1.165) is 9.52 Å². The van der Waals surface area contributed by atoms with E-state index in [1.807, 2.05) is 0 Å². The molecule has 0 fully saturated rings. The van der Waals surface area contributed by atoms with Gasteiger partial charge >= 0.3 is 37.9 Å². The van der Waals surface area contributed by atoms with Crippen molar-refractivity contribution in [2.75, 3.05) is 0 Å². The van der Waals surface area contributed by atoms with Crippen LogP contribution in [0.25, 0.3) is 76.5 Å². The Hall–Kier alpha value is -4.04. The van der Waals surface area contributed by atoms with E-state index in [4.69, 9.17) is 17.0 Å². The maximum Gasteiger partial charge on any atom is -0.0112 e. The Bertz CT molecular complexity index is 2530. The van der Waals surface area contributed by atoms with Crippen LogP contribution in [0.3, 0.4) is 0 Å². The topological polar surface area (TPSA) is 0 Å². The summed E-state index contributed by atoms with van der Waals surface area (Å²) in [5.74, 6) is 0. The van der Waals surface area contributed by atoms with Crippen LogP contribution < -0.4 is 0 Å². The molecule has 0 aliphatic carbocycles. The van der Waals surface area contributed by atoms with Crippen LogP contribution in [-0.4, -0.2) is 9.52 Å². The fraction of sp³-hybridized carbons (Fsp3) is 0.0833. The zero-order valence-electron chi connectivity index (χ0n) is 29.9. The van der Waals surface area contributed by atoms with E-state index >= 15 is 0 Å². The van der Waals surface area contributed by atoms with Crippen LogP contribution in [0.2, 0.25) is 13.1 Å². The second-order valence-electron chi connectivity index (χ2n) is 12.8. The fourth-order valence-corrected chi connectivity index (χ4v) is 7.01. The normalized spacial score (nSPS) is 10.5. The summed E-state index contributed by atoms with van der Waals surface area (Å²) >= 11 is -0.826. The zero-order chi connectivity index (χ0) is 36.5. The molecule has 0 amide bonds. The maximum atomic E-state index is 4.93. The molecule has 2 radical (unpaired) electrons. The minimum absolute atomic E-state index is 0.826.